The van der Waals surface area contributed by atoms with Crippen molar-refractivity contribution in [1.29, 1.82) is 0 Å². The van der Waals surface area contributed by atoms with Crippen molar-refractivity contribution in [2.45, 2.75) is 6.54 Å². The van der Waals surface area contributed by atoms with Crippen molar-refractivity contribution < 1.29 is 9.59 Å². The van der Waals surface area contributed by atoms with Gasteiger partial charge in [0.1, 0.15) is 6.54 Å². The Labute approximate surface area is 93.0 Å². The molecule has 0 bridgehead atoms. The maximum atomic E-state index is 11.2. The molecule has 0 saturated carbocycles. The standard InChI is InChI=1S/C8H7BrN2O2S/c9-6-2-1-5(14-6)3-11-4-7(12)10-8(11)13/h1-2H,3-4H2,(H,10,12,13). The summed E-state index contributed by atoms with van der Waals surface area (Å²) in [5.41, 5.74) is 0. The molecular weight excluding hydrogens is 268 g/mol. The molecule has 0 unspecified atom stereocenters. The van der Waals surface area contributed by atoms with Crippen LogP contribution in [-0.4, -0.2) is 23.4 Å². The summed E-state index contributed by atoms with van der Waals surface area (Å²) < 4.78 is 1.03. The van der Waals surface area contributed by atoms with Gasteiger partial charge in [-0.1, -0.05) is 0 Å². The summed E-state index contributed by atoms with van der Waals surface area (Å²) in [5, 5.41) is 2.23. The lowest BCUT2D eigenvalue weighted by atomic mass is 10.4. The van der Waals surface area contributed by atoms with E-state index in [0.717, 1.165) is 8.66 Å². The minimum atomic E-state index is -0.306. The zero-order chi connectivity index (χ0) is 10.1. The fraction of sp³-hybridized carbons (Fsp3) is 0.250. The molecule has 2 heterocycles. The van der Waals surface area contributed by atoms with Crippen LogP contribution >= 0.6 is 27.3 Å². The summed E-state index contributed by atoms with van der Waals surface area (Å²) in [5.74, 6) is -0.231. The van der Waals surface area contributed by atoms with E-state index in [1.54, 1.807) is 11.3 Å². The van der Waals surface area contributed by atoms with Gasteiger partial charge in [-0.25, -0.2) is 4.79 Å². The number of nitrogens with zero attached hydrogens (tertiary/aromatic N) is 1. The average Bonchev–Trinajstić information content (AvgIpc) is 2.61. The van der Waals surface area contributed by atoms with Gasteiger partial charge in [0, 0.05) is 4.88 Å². The molecule has 1 fully saturated rings. The Kier molecular flexibility index (Phi) is 2.56. The zero-order valence-electron chi connectivity index (χ0n) is 7.12. The molecule has 14 heavy (non-hydrogen) atoms. The van der Waals surface area contributed by atoms with E-state index < -0.39 is 0 Å². The van der Waals surface area contributed by atoms with Gasteiger partial charge in [0.15, 0.2) is 0 Å². The highest BCUT2D eigenvalue weighted by molar-refractivity contribution is 9.11. The average molecular weight is 275 g/mol. The van der Waals surface area contributed by atoms with Crippen LogP contribution < -0.4 is 5.32 Å². The number of hydrogen-bond donors (Lipinski definition) is 1. The van der Waals surface area contributed by atoms with Crippen molar-refractivity contribution in [1.82, 2.24) is 10.2 Å². The number of carbonyl (C=O) groups excluding carboxylic acids is 2. The lowest BCUT2D eigenvalue weighted by Gasteiger charge is -2.10. The predicted octanol–water partition coefficient (Wildman–Crippen LogP) is 1.56. The van der Waals surface area contributed by atoms with E-state index in [4.69, 9.17) is 0 Å². The number of carbonyl (C=O) groups is 2. The van der Waals surface area contributed by atoms with E-state index in [9.17, 15) is 9.59 Å². The van der Waals surface area contributed by atoms with Gasteiger partial charge in [0.05, 0.1) is 10.3 Å². The van der Waals surface area contributed by atoms with Crippen molar-refractivity contribution >= 4 is 39.2 Å². The molecule has 0 aromatic carbocycles. The van der Waals surface area contributed by atoms with E-state index in [2.05, 4.69) is 21.2 Å². The van der Waals surface area contributed by atoms with Gasteiger partial charge in [0.25, 0.3) is 0 Å². The topological polar surface area (TPSA) is 49.4 Å². The molecule has 0 atom stereocenters. The van der Waals surface area contributed by atoms with Crippen LogP contribution in [-0.2, 0) is 11.3 Å². The number of thiophene rings is 1. The third-order valence-electron chi connectivity index (χ3n) is 1.84. The first-order chi connectivity index (χ1) is 6.65. The minimum absolute atomic E-state index is 0.161. The molecule has 0 aliphatic carbocycles. The number of halogens is 1. The lowest BCUT2D eigenvalue weighted by Crippen LogP contribution is -2.27. The summed E-state index contributed by atoms with van der Waals surface area (Å²) in [4.78, 5) is 24.6. The molecule has 6 heteroatoms. The molecule has 4 nitrogen and oxygen atoms in total. The Morgan fingerprint density at radius 1 is 1.50 bits per heavy atom. The van der Waals surface area contributed by atoms with Crippen LogP contribution in [0, 0.1) is 0 Å². The van der Waals surface area contributed by atoms with Crippen LogP contribution in [0.5, 0.6) is 0 Å². The first kappa shape index (κ1) is 9.67. The lowest BCUT2D eigenvalue weighted by molar-refractivity contribution is -0.118. The van der Waals surface area contributed by atoms with E-state index >= 15 is 0 Å². The van der Waals surface area contributed by atoms with Crippen LogP contribution in [0.2, 0.25) is 0 Å². The molecule has 0 spiro atoms. The highest BCUT2D eigenvalue weighted by atomic mass is 79.9. The monoisotopic (exact) mass is 274 g/mol. The second-order valence-corrected chi connectivity index (χ2v) is 5.46. The molecule has 0 radical (unpaired) electrons. The number of rotatable bonds is 2. The SMILES string of the molecule is O=C1CN(Cc2ccc(Br)s2)C(=O)N1. The van der Waals surface area contributed by atoms with Gasteiger partial charge in [-0.2, -0.15) is 0 Å². The number of urea groups is 1. The molecule has 1 aromatic rings. The number of nitrogens with one attached hydrogen (secondary N) is 1. The summed E-state index contributed by atoms with van der Waals surface area (Å²) in [6.07, 6.45) is 0. The smallest absolute Gasteiger partial charge is 0.310 e. The molecule has 1 saturated heterocycles. The normalized spacial score (nSPS) is 16.2. The third-order valence-corrected chi connectivity index (χ3v) is 3.45. The van der Waals surface area contributed by atoms with Gasteiger partial charge in [-0.15, -0.1) is 11.3 Å². The van der Waals surface area contributed by atoms with Crippen molar-refractivity contribution in [3.05, 3.63) is 20.8 Å². The molecule has 1 aliphatic heterocycles. The number of amides is 3. The first-order valence-corrected chi connectivity index (χ1v) is 5.59. The number of imide groups is 1. The molecule has 1 aliphatic rings. The molecular formula is C8H7BrN2O2S. The Hall–Kier alpha value is -0.880. The van der Waals surface area contributed by atoms with Crippen LogP contribution in [0.25, 0.3) is 0 Å². The van der Waals surface area contributed by atoms with E-state index in [1.165, 1.54) is 4.90 Å². The van der Waals surface area contributed by atoms with Crippen molar-refractivity contribution in [3.63, 3.8) is 0 Å². The van der Waals surface area contributed by atoms with E-state index in [-0.39, 0.29) is 18.5 Å². The molecule has 1 aromatic heterocycles. The summed E-state index contributed by atoms with van der Waals surface area (Å²) in [6, 6.07) is 3.56. The maximum Gasteiger partial charge on any atom is 0.324 e. The fourth-order valence-electron chi connectivity index (χ4n) is 1.24. The van der Waals surface area contributed by atoms with Gasteiger partial charge in [-0.3, -0.25) is 10.1 Å². The van der Waals surface area contributed by atoms with Gasteiger partial charge in [0.2, 0.25) is 5.91 Å². The molecule has 2 rings (SSSR count). The fourth-order valence-corrected chi connectivity index (χ4v) is 2.73. The van der Waals surface area contributed by atoms with E-state index in [1.807, 2.05) is 12.1 Å². The Morgan fingerprint density at radius 3 is 2.79 bits per heavy atom. The van der Waals surface area contributed by atoms with Gasteiger partial charge in [-0.05, 0) is 28.1 Å². The quantitative estimate of drug-likeness (QED) is 0.833. The summed E-state index contributed by atoms with van der Waals surface area (Å²) >= 11 is 4.90. The highest BCUT2D eigenvalue weighted by Crippen LogP contribution is 2.23. The van der Waals surface area contributed by atoms with Crippen molar-refractivity contribution in [2.75, 3.05) is 6.54 Å². The van der Waals surface area contributed by atoms with Gasteiger partial charge < -0.3 is 4.90 Å². The second kappa shape index (κ2) is 3.70. The van der Waals surface area contributed by atoms with Crippen LogP contribution in [0.15, 0.2) is 15.9 Å². The van der Waals surface area contributed by atoms with Crippen molar-refractivity contribution in [2.24, 2.45) is 0 Å². The second-order valence-electron chi connectivity index (χ2n) is 2.92. The Balaban J connectivity index is 2.05. The first-order valence-electron chi connectivity index (χ1n) is 3.98. The molecule has 1 N–H and O–H groups in total. The number of hydrogen-bond acceptors (Lipinski definition) is 3. The van der Waals surface area contributed by atoms with Crippen LogP contribution in [0.4, 0.5) is 4.79 Å². The largest absolute Gasteiger partial charge is 0.324 e. The van der Waals surface area contributed by atoms with Crippen molar-refractivity contribution in [3.8, 4) is 0 Å². The summed E-state index contributed by atoms with van der Waals surface area (Å²) in [6.45, 7) is 0.655. The zero-order valence-corrected chi connectivity index (χ0v) is 9.52. The summed E-state index contributed by atoms with van der Waals surface area (Å²) in [7, 11) is 0. The maximum absolute atomic E-state index is 11.2. The molecule has 3 amide bonds. The Morgan fingerprint density at radius 2 is 2.29 bits per heavy atom. The third kappa shape index (κ3) is 1.96. The Bertz CT molecular complexity index is 390. The van der Waals surface area contributed by atoms with E-state index in [0.29, 0.717) is 6.54 Å². The van der Waals surface area contributed by atoms with Crippen LogP contribution in [0.3, 0.4) is 0 Å². The van der Waals surface area contributed by atoms with Gasteiger partial charge >= 0.3 is 6.03 Å². The predicted molar refractivity (Wildman–Crippen MR) is 56.0 cm³/mol. The minimum Gasteiger partial charge on any atom is -0.310 e. The molecule has 74 valence electrons. The van der Waals surface area contributed by atoms with Crippen LogP contribution in [0.1, 0.15) is 4.88 Å². The highest BCUT2D eigenvalue weighted by Gasteiger charge is 2.26.